The van der Waals surface area contributed by atoms with Crippen molar-refractivity contribution in [3.8, 4) is 11.5 Å². The summed E-state index contributed by atoms with van der Waals surface area (Å²) in [4.78, 5) is 4.17. The van der Waals surface area contributed by atoms with Crippen LogP contribution in [-0.2, 0) is 9.31 Å². The fourth-order valence-electron chi connectivity index (χ4n) is 2.41. The lowest BCUT2D eigenvalue weighted by molar-refractivity contribution is 0.00578. The van der Waals surface area contributed by atoms with Gasteiger partial charge in [0.15, 0.2) is 0 Å². The van der Waals surface area contributed by atoms with Crippen molar-refractivity contribution in [2.75, 3.05) is 0 Å². The molecule has 1 aliphatic heterocycles. The van der Waals surface area contributed by atoms with Crippen molar-refractivity contribution >= 4 is 12.6 Å². The molecule has 5 heteroatoms. The first-order valence-corrected chi connectivity index (χ1v) is 7.16. The lowest BCUT2D eigenvalue weighted by Crippen LogP contribution is -2.41. The summed E-state index contributed by atoms with van der Waals surface area (Å²) in [5.41, 5.74) is 2.45. The summed E-state index contributed by atoms with van der Waals surface area (Å²) in [5.74, 6) is 0.624. The van der Waals surface area contributed by atoms with Crippen LogP contribution in [0.1, 0.15) is 33.3 Å². The van der Waals surface area contributed by atoms with Gasteiger partial charge in [0.25, 0.3) is 0 Å². The van der Waals surface area contributed by atoms with Crippen LogP contribution in [0, 0.1) is 6.92 Å². The van der Waals surface area contributed by atoms with Gasteiger partial charge in [-0.25, -0.2) is 4.98 Å². The number of aromatic nitrogens is 1. The molecule has 0 spiro atoms. The third kappa shape index (κ3) is 2.41. The first-order chi connectivity index (χ1) is 9.80. The summed E-state index contributed by atoms with van der Waals surface area (Å²) in [5, 5.41) is 0. The molecule has 0 radical (unpaired) electrons. The Morgan fingerprint density at radius 3 is 2.24 bits per heavy atom. The minimum Gasteiger partial charge on any atom is -0.445 e. The Balaban J connectivity index is 1.91. The van der Waals surface area contributed by atoms with Crippen LogP contribution >= 0.6 is 0 Å². The maximum atomic E-state index is 6.10. The molecule has 0 amide bonds. The van der Waals surface area contributed by atoms with Gasteiger partial charge < -0.3 is 13.7 Å². The quantitative estimate of drug-likeness (QED) is 0.796. The topological polar surface area (TPSA) is 44.5 Å². The highest BCUT2D eigenvalue weighted by molar-refractivity contribution is 6.62. The zero-order valence-corrected chi connectivity index (χ0v) is 13.1. The van der Waals surface area contributed by atoms with Gasteiger partial charge in [-0.1, -0.05) is 11.6 Å². The van der Waals surface area contributed by atoms with Gasteiger partial charge in [-0.05, 0) is 52.2 Å². The predicted molar refractivity (Wildman–Crippen MR) is 82.4 cm³/mol. The highest BCUT2D eigenvalue weighted by atomic mass is 16.7. The van der Waals surface area contributed by atoms with Crippen LogP contribution in [-0.4, -0.2) is 23.3 Å². The lowest BCUT2D eigenvalue weighted by atomic mass is 9.76. The van der Waals surface area contributed by atoms with Crippen LogP contribution in [0.25, 0.3) is 11.5 Å². The van der Waals surface area contributed by atoms with Crippen LogP contribution in [0.4, 0.5) is 0 Å². The van der Waals surface area contributed by atoms with Gasteiger partial charge in [0, 0.05) is 5.56 Å². The maximum Gasteiger partial charge on any atom is 0.495 e. The predicted octanol–water partition coefficient (Wildman–Crippen LogP) is 2.95. The Hall–Kier alpha value is -1.59. The Labute approximate surface area is 125 Å². The monoisotopic (exact) mass is 285 g/mol. The van der Waals surface area contributed by atoms with Gasteiger partial charge in [0.2, 0.25) is 5.89 Å². The molecule has 1 aromatic carbocycles. The molecule has 0 aliphatic carbocycles. The third-order valence-electron chi connectivity index (χ3n) is 4.46. The summed E-state index contributed by atoms with van der Waals surface area (Å²) < 4.78 is 17.5. The molecule has 0 atom stereocenters. The molecule has 0 unspecified atom stereocenters. The number of aryl methyl sites for hydroxylation is 1. The average molecular weight is 285 g/mol. The van der Waals surface area contributed by atoms with Crippen molar-refractivity contribution in [1.82, 2.24) is 4.98 Å². The molecule has 1 saturated heterocycles. The van der Waals surface area contributed by atoms with Crippen molar-refractivity contribution in [3.05, 3.63) is 36.2 Å². The van der Waals surface area contributed by atoms with Gasteiger partial charge in [0.05, 0.1) is 17.4 Å². The van der Waals surface area contributed by atoms with E-state index in [9.17, 15) is 0 Å². The molecular weight excluding hydrogens is 265 g/mol. The molecule has 110 valence electrons. The van der Waals surface area contributed by atoms with Crippen LogP contribution in [0.5, 0.6) is 0 Å². The highest BCUT2D eigenvalue weighted by Crippen LogP contribution is 2.36. The van der Waals surface area contributed by atoms with E-state index in [1.165, 1.54) is 0 Å². The molecule has 4 nitrogen and oxygen atoms in total. The van der Waals surface area contributed by atoms with Crippen molar-refractivity contribution in [2.24, 2.45) is 0 Å². The molecule has 21 heavy (non-hydrogen) atoms. The number of hydrogen-bond acceptors (Lipinski definition) is 4. The van der Waals surface area contributed by atoms with E-state index in [4.69, 9.17) is 13.7 Å². The number of hydrogen-bond donors (Lipinski definition) is 0. The Kier molecular flexibility index (Phi) is 3.22. The molecule has 0 bridgehead atoms. The van der Waals surface area contributed by atoms with Gasteiger partial charge in [0.1, 0.15) is 6.26 Å². The average Bonchev–Trinajstić information content (AvgIpc) is 2.96. The van der Waals surface area contributed by atoms with E-state index in [1.807, 2.05) is 25.1 Å². The van der Waals surface area contributed by atoms with Crippen LogP contribution in [0.2, 0.25) is 0 Å². The largest absolute Gasteiger partial charge is 0.495 e. The second kappa shape index (κ2) is 4.72. The van der Waals surface area contributed by atoms with E-state index in [2.05, 4.69) is 32.7 Å². The van der Waals surface area contributed by atoms with Crippen molar-refractivity contribution in [1.29, 1.82) is 0 Å². The van der Waals surface area contributed by atoms with E-state index < -0.39 is 0 Å². The SMILES string of the molecule is Cc1cc(-c2ncco2)ccc1B1OC(C)(C)C(C)(C)O1. The minimum atomic E-state index is -0.339. The molecule has 0 saturated carbocycles. The second-order valence-electron chi connectivity index (χ2n) is 6.50. The minimum absolute atomic E-state index is 0.328. The molecule has 1 aromatic heterocycles. The van der Waals surface area contributed by atoms with Crippen LogP contribution < -0.4 is 5.46 Å². The lowest BCUT2D eigenvalue weighted by Gasteiger charge is -2.32. The summed E-state index contributed by atoms with van der Waals surface area (Å²) in [7, 11) is -0.339. The standard InChI is InChI=1S/C16H20BNO3/c1-11-10-12(14-18-8-9-19-14)6-7-13(11)17-20-15(2,3)16(4,5)21-17/h6-10H,1-5H3. The fraction of sp³-hybridized carbons (Fsp3) is 0.438. The second-order valence-corrected chi connectivity index (χ2v) is 6.50. The summed E-state index contributed by atoms with van der Waals surface area (Å²) in [6, 6.07) is 6.06. The number of benzene rings is 1. The first-order valence-electron chi connectivity index (χ1n) is 7.16. The molecule has 1 fully saturated rings. The van der Waals surface area contributed by atoms with Gasteiger partial charge in [-0.3, -0.25) is 0 Å². The van der Waals surface area contributed by atoms with Gasteiger partial charge in [-0.2, -0.15) is 0 Å². The Morgan fingerprint density at radius 2 is 1.71 bits per heavy atom. The fourth-order valence-corrected chi connectivity index (χ4v) is 2.41. The van der Waals surface area contributed by atoms with E-state index in [1.54, 1.807) is 12.5 Å². The van der Waals surface area contributed by atoms with E-state index in [-0.39, 0.29) is 18.3 Å². The van der Waals surface area contributed by atoms with Crippen LogP contribution in [0.15, 0.2) is 35.1 Å². The van der Waals surface area contributed by atoms with Crippen LogP contribution in [0.3, 0.4) is 0 Å². The Morgan fingerprint density at radius 1 is 1.05 bits per heavy atom. The van der Waals surface area contributed by atoms with Crippen molar-refractivity contribution < 1.29 is 13.7 Å². The number of nitrogens with zero attached hydrogens (tertiary/aromatic N) is 1. The number of oxazole rings is 1. The van der Waals surface area contributed by atoms with Gasteiger partial charge >= 0.3 is 7.12 Å². The zero-order chi connectivity index (χ0) is 15.3. The summed E-state index contributed by atoms with van der Waals surface area (Å²) >= 11 is 0. The molecular formula is C16H20BNO3. The smallest absolute Gasteiger partial charge is 0.445 e. The number of rotatable bonds is 2. The van der Waals surface area contributed by atoms with E-state index in [0.29, 0.717) is 5.89 Å². The maximum absolute atomic E-state index is 6.10. The van der Waals surface area contributed by atoms with Crippen molar-refractivity contribution in [3.63, 3.8) is 0 Å². The zero-order valence-electron chi connectivity index (χ0n) is 13.1. The van der Waals surface area contributed by atoms with E-state index in [0.717, 1.165) is 16.6 Å². The normalized spacial score (nSPS) is 20.0. The van der Waals surface area contributed by atoms with E-state index >= 15 is 0 Å². The molecule has 3 rings (SSSR count). The Bertz CT molecular complexity index is 634. The van der Waals surface area contributed by atoms with Crippen molar-refractivity contribution in [2.45, 2.75) is 45.8 Å². The summed E-state index contributed by atoms with van der Waals surface area (Å²) in [6.45, 7) is 10.3. The summed E-state index contributed by atoms with van der Waals surface area (Å²) in [6.07, 6.45) is 3.22. The molecule has 2 aromatic rings. The molecule has 2 heterocycles. The highest BCUT2D eigenvalue weighted by Gasteiger charge is 2.52. The molecule has 1 aliphatic rings. The molecule has 0 N–H and O–H groups in total. The van der Waals surface area contributed by atoms with Gasteiger partial charge in [-0.15, -0.1) is 0 Å². The first kappa shape index (κ1) is 14.4. The third-order valence-corrected chi connectivity index (χ3v) is 4.46.